The zero-order valence-electron chi connectivity index (χ0n) is 15.6. The topological polar surface area (TPSA) is 56.1 Å². The molecule has 1 heterocycles. The molecule has 4 rings (SSSR count). The summed E-state index contributed by atoms with van der Waals surface area (Å²) in [4.78, 5) is 13.1. The molecule has 1 aromatic heterocycles. The maximum atomic E-state index is 13.1. The average Bonchev–Trinajstić information content (AvgIpc) is 3.44. The van der Waals surface area contributed by atoms with E-state index >= 15 is 0 Å². The Kier molecular flexibility index (Phi) is 4.47. The number of hydrogen-bond donors (Lipinski definition) is 1. The third-order valence-corrected chi connectivity index (χ3v) is 5.83. The summed E-state index contributed by atoms with van der Waals surface area (Å²) in [6.07, 6.45) is 7.81. The maximum Gasteiger partial charge on any atom is 0.270 e. The number of hydrogen-bond acceptors (Lipinski definition) is 3. The minimum atomic E-state index is -0.300. The van der Waals surface area contributed by atoms with Gasteiger partial charge in [-0.1, -0.05) is 31.4 Å². The summed E-state index contributed by atoms with van der Waals surface area (Å²) in [5.41, 5.74) is 2.58. The third-order valence-electron chi connectivity index (χ3n) is 5.83. The standard InChI is InChI=1S/C21H27N3O2/c1-24-19(14-18(23-24)15-6-7-15)20(25)22-21(12-4-3-5-13-21)16-8-10-17(26-2)11-9-16/h8-11,14-15H,3-7,12-13H2,1-2H3,(H,22,25). The lowest BCUT2D eigenvalue weighted by Crippen LogP contribution is -2.47. The Hall–Kier alpha value is -2.30. The highest BCUT2D eigenvalue weighted by atomic mass is 16.5. The number of carbonyl (C=O) groups excluding carboxylic acids is 1. The number of nitrogens with zero attached hydrogens (tertiary/aromatic N) is 2. The largest absolute Gasteiger partial charge is 0.497 e. The van der Waals surface area contributed by atoms with Crippen molar-refractivity contribution in [2.24, 2.45) is 7.05 Å². The molecule has 0 spiro atoms. The number of benzene rings is 1. The molecule has 2 fully saturated rings. The van der Waals surface area contributed by atoms with Crippen molar-refractivity contribution in [2.75, 3.05) is 7.11 Å². The van der Waals surface area contributed by atoms with Gasteiger partial charge < -0.3 is 10.1 Å². The first-order valence-corrected chi connectivity index (χ1v) is 9.62. The average molecular weight is 353 g/mol. The van der Waals surface area contributed by atoms with Gasteiger partial charge in [-0.2, -0.15) is 5.10 Å². The molecule has 2 aliphatic carbocycles. The van der Waals surface area contributed by atoms with E-state index in [4.69, 9.17) is 4.74 Å². The lowest BCUT2D eigenvalue weighted by atomic mass is 9.76. The van der Waals surface area contributed by atoms with Crippen molar-refractivity contribution in [2.45, 2.75) is 56.4 Å². The Bertz CT molecular complexity index is 784. The van der Waals surface area contributed by atoms with Crippen molar-refractivity contribution < 1.29 is 9.53 Å². The zero-order chi connectivity index (χ0) is 18.1. The van der Waals surface area contributed by atoms with E-state index in [2.05, 4.69) is 22.5 Å². The van der Waals surface area contributed by atoms with Gasteiger partial charge in [0.1, 0.15) is 11.4 Å². The highest BCUT2D eigenvalue weighted by Gasteiger charge is 2.36. The van der Waals surface area contributed by atoms with Crippen LogP contribution in [0.4, 0.5) is 0 Å². The van der Waals surface area contributed by atoms with Crippen LogP contribution >= 0.6 is 0 Å². The summed E-state index contributed by atoms with van der Waals surface area (Å²) < 4.78 is 7.02. The first kappa shape index (κ1) is 17.1. The molecule has 1 amide bonds. The molecule has 0 atom stereocenters. The quantitative estimate of drug-likeness (QED) is 0.887. The second-order valence-corrected chi connectivity index (χ2v) is 7.68. The Morgan fingerprint density at radius 3 is 2.50 bits per heavy atom. The van der Waals surface area contributed by atoms with Gasteiger partial charge >= 0.3 is 0 Å². The van der Waals surface area contributed by atoms with Crippen molar-refractivity contribution >= 4 is 5.91 Å². The molecule has 2 aliphatic rings. The van der Waals surface area contributed by atoms with Crippen LogP contribution in [0, 0.1) is 0 Å². The number of ether oxygens (including phenoxy) is 1. The molecule has 138 valence electrons. The van der Waals surface area contributed by atoms with Gasteiger partial charge in [0, 0.05) is 13.0 Å². The second-order valence-electron chi connectivity index (χ2n) is 7.68. The van der Waals surface area contributed by atoms with Crippen LogP contribution in [0.2, 0.25) is 0 Å². The van der Waals surface area contributed by atoms with Crippen LogP contribution in [0.5, 0.6) is 5.75 Å². The Morgan fingerprint density at radius 2 is 1.88 bits per heavy atom. The van der Waals surface area contributed by atoms with Gasteiger partial charge in [0.05, 0.1) is 18.3 Å². The first-order valence-electron chi connectivity index (χ1n) is 9.62. The number of aromatic nitrogens is 2. The molecular weight excluding hydrogens is 326 g/mol. The molecule has 5 heteroatoms. The number of carbonyl (C=O) groups is 1. The number of nitrogens with one attached hydrogen (secondary N) is 1. The van der Waals surface area contributed by atoms with Crippen LogP contribution in [0.15, 0.2) is 30.3 Å². The molecule has 0 unspecified atom stereocenters. The molecule has 1 aromatic carbocycles. The first-order chi connectivity index (χ1) is 12.6. The van der Waals surface area contributed by atoms with Crippen LogP contribution in [0.3, 0.4) is 0 Å². The molecule has 0 bridgehead atoms. The lowest BCUT2D eigenvalue weighted by Gasteiger charge is -2.38. The van der Waals surface area contributed by atoms with Gasteiger partial charge in [-0.15, -0.1) is 0 Å². The van der Waals surface area contributed by atoms with Gasteiger partial charge in [0.25, 0.3) is 5.91 Å². The SMILES string of the molecule is COc1ccc(C2(NC(=O)c3cc(C4CC4)nn3C)CCCCC2)cc1. The molecule has 0 aliphatic heterocycles. The van der Waals surface area contributed by atoms with Crippen LogP contribution in [0.25, 0.3) is 0 Å². The van der Waals surface area contributed by atoms with E-state index < -0.39 is 0 Å². The minimum absolute atomic E-state index is 0.0235. The van der Waals surface area contributed by atoms with E-state index in [1.165, 1.54) is 19.3 Å². The van der Waals surface area contributed by atoms with E-state index in [-0.39, 0.29) is 11.4 Å². The van der Waals surface area contributed by atoms with Gasteiger partial charge in [-0.3, -0.25) is 9.48 Å². The molecule has 1 N–H and O–H groups in total. The number of aryl methyl sites for hydroxylation is 1. The Labute approximate surface area is 154 Å². The fourth-order valence-corrected chi connectivity index (χ4v) is 4.11. The Morgan fingerprint density at radius 1 is 1.19 bits per heavy atom. The van der Waals surface area contributed by atoms with E-state index in [1.54, 1.807) is 11.8 Å². The van der Waals surface area contributed by atoms with Gasteiger partial charge in [0.15, 0.2) is 0 Å². The summed E-state index contributed by atoms with van der Waals surface area (Å²) in [5.74, 6) is 1.37. The van der Waals surface area contributed by atoms with Crippen LogP contribution in [-0.4, -0.2) is 22.8 Å². The summed E-state index contributed by atoms with van der Waals surface area (Å²) in [7, 11) is 3.54. The molecule has 0 saturated heterocycles. The van der Waals surface area contributed by atoms with E-state index in [0.717, 1.165) is 42.7 Å². The van der Waals surface area contributed by atoms with Crippen molar-refractivity contribution in [3.05, 3.63) is 47.3 Å². The van der Waals surface area contributed by atoms with Gasteiger partial charge in [-0.25, -0.2) is 0 Å². The monoisotopic (exact) mass is 353 g/mol. The predicted octanol–water partition coefficient (Wildman–Crippen LogP) is 3.90. The van der Waals surface area contributed by atoms with Crippen LogP contribution in [-0.2, 0) is 12.6 Å². The molecule has 2 aromatic rings. The molecule has 2 saturated carbocycles. The predicted molar refractivity (Wildman–Crippen MR) is 100 cm³/mol. The molecule has 5 nitrogen and oxygen atoms in total. The van der Waals surface area contributed by atoms with Crippen molar-refractivity contribution in [1.82, 2.24) is 15.1 Å². The van der Waals surface area contributed by atoms with Crippen molar-refractivity contribution in [3.8, 4) is 5.75 Å². The zero-order valence-corrected chi connectivity index (χ0v) is 15.6. The fraction of sp³-hybridized carbons (Fsp3) is 0.524. The lowest BCUT2D eigenvalue weighted by molar-refractivity contribution is 0.0856. The van der Waals surface area contributed by atoms with Crippen LogP contribution in [0.1, 0.15) is 72.6 Å². The molecule has 0 radical (unpaired) electrons. The third kappa shape index (κ3) is 3.22. The molecule has 26 heavy (non-hydrogen) atoms. The number of rotatable bonds is 5. The van der Waals surface area contributed by atoms with Gasteiger partial charge in [0.2, 0.25) is 0 Å². The number of amides is 1. The van der Waals surface area contributed by atoms with E-state index in [0.29, 0.717) is 11.6 Å². The highest BCUT2D eigenvalue weighted by molar-refractivity contribution is 5.93. The van der Waals surface area contributed by atoms with Crippen molar-refractivity contribution in [3.63, 3.8) is 0 Å². The summed E-state index contributed by atoms with van der Waals surface area (Å²) >= 11 is 0. The maximum absolute atomic E-state index is 13.1. The fourth-order valence-electron chi connectivity index (χ4n) is 4.11. The van der Waals surface area contributed by atoms with E-state index in [9.17, 15) is 4.79 Å². The summed E-state index contributed by atoms with van der Waals surface area (Å²) in [6, 6.07) is 10.1. The summed E-state index contributed by atoms with van der Waals surface area (Å²) in [6.45, 7) is 0. The normalized spacial score (nSPS) is 19.2. The van der Waals surface area contributed by atoms with Crippen LogP contribution < -0.4 is 10.1 Å². The van der Waals surface area contributed by atoms with Gasteiger partial charge in [-0.05, 0) is 49.4 Å². The number of methoxy groups -OCH3 is 1. The van der Waals surface area contributed by atoms with E-state index in [1.807, 2.05) is 25.2 Å². The summed E-state index contributed by atoms with van der Waals surface area (Å²) in [5, 5.41) is 7.92. The highest BCUT2D eigenvalue weighted by Crippen LogP contribution is 2.40. The smallest absolute Gasteiger partial charge is 0.270 e. The molecular formula is C21H27N3O2. The van der Waals surface area contributed by atoms with Crippen molar-refractivity contribution in [1.29, 1.82) is 0 Å². The second kappa shape index (κ2) is 6.78. The minimum Gasteiger partial charge on any atom is -0.497 e. The Balaban J connectivity index is 1.61.